The summed E-state index contributed by atoms with van der Waals surface area (Å²) in [6, 6.07) is 5.08. The summed E-state index contributed by atoms with van der Waals surface area (Å²) in [7, 11) is 1.68. The van der Waals surface area contributed by atoms with Crippen molar-refractivity contribution in [3.8, 4) is 5.88 Å². The molecule has 2 heterocycles. The zero-order valence-electron chi connectivity index (χ0n) is 22.1. The minimum Gasteiger partial charge on any atom is -0.477 e. The Morgan fingerprint density at radius 3 is 2.66 bits per heavy atom. The molecule has 0 saturated carbocycles. The number of para-hydroxylation sites is 1. The molecule has 3 aromatic rings. The van der Waals surface area contributed by atoms with E-state index >= 15 is 0 Å². The highest BCUT2D eigenvalue weighted by atomic mass is 79.9. The molecule has 0 aliphatic rings. The van der Waals surface area contributed by atoms with Crippen LogP contribution in [-0.4, -0.2) is 62.4 Å². The number of likely N-dealkylation sites (N-methyl/N-ethyl adjacent to an activating group) is 1. The molecular formula is C25H31BrClN7O4. The molecule has 0 unspecified atom stereocenters. The number of hydrogen-bond acceptors (Lipinski definition) is 8. The van der Waals surface area contributed by atoms with E-state index in [1.165, 1.54) is 11.1 Å². The van der Waals surface area contributed by atoms with Gasteiger partial charge in [-0.1, -0.05) is 17.7 Å². The van der Waals surface area contributed by atoms with Crippen LogP contribution in [0, 0.1) is 0 Å². The molecule has 0 fully saturated rings. The van der Waals surface area contributed by atoms with Gasteiger partial charge in [-0.3, -0.25) is 9.48 Å². The van der Waals surface area contributed by atoms with E-state index in [1.54, 1.807) is 49.2 Å². The van der Waals surface area contributed by atoms with Gasteiger partial charge >= 0.3 is 6.09 Å². The topological polar surface area (TPSA) is 124 Å². The SMILES string of the molecule is CCOc1nc(Nc2cnn([C@@H](C)CN(C)C(=O)OC(C)(C)C)c2)ncc1C(=O)Nc1c(Cl)cccc1Br. The van der Waals surface area contributed by atoms with Crippen LogP contribution >= 0.6 is 27.5 Å². The van der Waals surface area contributed by atoms with Crippen LogP contribution in [0.3, 0.4) is 0 Å². The molecule has 38 heavy (non-hydrogen) atoms. The second kappa shape index (κ2) is 12.4. The summed E-state index contributed by atoms with van der Waals surface area (Å²) in [5.41, 5.74) is 0.636. The number of carbonyl (C=O) groups excluding carboxylic acids is 2. The van der Waals surface area contributed by atoms with Gasteiger partial charge in [0.25, 0.3) is 5.91 Å². The molecule has 204 valence electrons. The van der Waals surface area contributed by atoms with Gasteiger partial charge in [0.15, 0.2) is 0 Å². The molecule has 3 rings (SSSR count). The zero-order chi connectivity index (χ0) is 28.0. The summed E-state index contributed by atoms with van der Waals surface area (Å²) in [5.74, 6) is -0.128. The number of ether oxygens (including phenoxy) is 2. The Balaban J connectivity index is 1.70. The predicted molar refractivity (Wildman–Crippen MR) is 149 cm³/mol. The molecule has 0 saturated heterocycles. The summed E-state index contributed by atoms with van der Waals surface area (Å²) in [6.07, 6.45) is 4.36. The van der Waals surface area contributed by atoms with Gasteiger partial charge in [-0.05, 0) is 62.7 Å². The summed E-state index contributed by atoms with van der Waals surface area (Å²) in [6.45, 7) is 9.89. The standard InChI is InChI=1S/C25H31BrClN7O4/c1-7-37-22-17(21(35)31-20-18(26)9-8-10-19(20)27)12-28-23(32-22)30-16-11-29-34(14-16)15(2)13-33(6)24(36)38-25(3,4)5/h8-12,14-15H,7,13H2,1-6H3,(H,31,35)(H,28,30,32)/t15-/m0/s1. The lowest BCUT2D eigenvalue weighted by atomic mass is 10.2. The number of carbonyl (C=O) groups is 2. The van der Waals surface area contributed by atoms with Crippen LogP contribution in [0.5, 0.6) is 5.88 Å². The van der Waals surface area contributed by atoms with Crippen LogP contribution in [0.1, 0.15) is 51.0 Å². The van der Waals surface area contributed by atoms with Crippen LogP contribution in [0.15, 0.2) is 41.3 Å². The minimum absolute atomic E-state index is 0.116. The lowest BCUT2D eigenvalue weighted by Gasteiger charge is -2.26. The van der Waals surface area contributed by atoms with Crippen molar-refractivity contribution < 1.29 is 19.1 Å². The van der Waals surface area contributed by atoms with E-state index in [0.29, 0.717) is 34.0 Å². The Hall–Kier alpha value is -3.38. The van der Waals surface area contributed by atoms with Crippen molar-refractivity contribution >= 4 is 56.9 Å². The molecule has 0 bridgehead atoms. The van der Waals surface area contributed by atoms with Gasteiger partial charge < -0.3 is 25.0 Å². The van der Waals surface area contributed by atoms with E-state index in [4.69, 9.17) is 21.1 Å². The molecule has 2 N–H and O–H groups in total. The number of amides is 2. The highest BCUT2D eigenvalue weighted by Gasteiger charge is 2.22. The highest BCUT2D eigenvalue weighted by Crippen LogP contribution is 2.31. The maximum atomic E-state index is 13.0. The Kier molecular flexibility index (Phi) is 9.55. The largest absolute Gasteiger partial charge is 0.477 e. The minimum atomic E-state index is -0.570. The molecule has 2 aromatic heterocycles. The third-order valence-corrected chi connectivity index (χ3v) is 6.01. The lowest BCUT2D eigenvalue weighted by Crippen LogP contribution is -2.37. The fraction of sp³-hybridized carbons (Fsp3) is 0.400. The molecule has 0 aliphatic carbocycles. The number of benzene rings is 1. The predicted octanol–water partition coefficient (Wildman–Crippen LogP) is 5.91. The maximum absolute atomic E-state index is 13.0. The normalized spacial score (nSPS) is 12.0. The molecule has 11 nitrogen and oxygen atoms in total. The summed E-state index contributed by atoms with van der Waals surface area (Å²) in [5, 5.41) is 10.6. The van der Waals surface area contributed by atoms with Crippen molar-refractivity contribution in [2.75, 3.05) is 30.8 Å². The first kappa shape index (κ1) is 29.2. The second-order valence-electron chi connectivity index (χ2n) is 9.44. The fourth-order valence-electron chi connectivity index (χ4n) is 3.29. The van der Waals surface area contributed by atoms with Gasteiger partial charge in [0.1, 0.15) is 11.2 Å². The Morgan fingerprint density at radius 2 is 2.00 bits per heavy atom. The number of halogens is 2. The molecular weight excluding hydrogens is 578 g/mol. The quantitative estimate of drug-likeness (QED) is 0.307. The highest BCUT2D eigenvalue weighted by molar-refractivity contribution is 9.10. The van der Waals surface area contributed by atoms with Gasteiger partial charge in [0, 0.05) is 30.5 Å². The van der Waals surface area contributed by atoms with Crippen molar-refractivity contribution in [2.45, 2.75) is 46.3 Å². The van der Waals surface area contributed by atoms with E-state index in [9.17, 15) is 9.59 Å². The molecule has 1 atom stereocenters. The van der Waals surface area contributed by atoms with Gasteiger partial charge in [-0.25, -0.2) is 9.78 Å². The fourth-order valence-corrected chi connectivity index (χ4v) is 4.10. The van der Waals surface area contributed by atoms with Crippen LogP contribution in [-0.2, 0) is 4.74 Å². The van der Waals surface area contributed by atoms with Gasteiger partial charge in [0.2, 0.25) is 11.8 Å². The van der Waals surface area contributed by atoms with Crippen molar-refractivity contribution in [3.63, 3.8) is 0 Å². The third-order valence-electron chi connectivity index (χ3n) is 5.03. The molecule has 13 heteroatoms. The number of hydrogen-bond donors (Lipinski definition) is 2. The smallest absolute Gasteiger partial charge is 0.410 e. The molecule has 0 spiro atoms. The first-order valence-corrected chi connectivity index (χ1v) is 13.1. The first-order valence-electron chi connectivity index (χ1n) is 11.9. The second-order valence-corrected chi connectivity index (χ2v) is 10.7. The summed E-state index contributed by atoms with van der Waals surface area (Å²) >= 11 is 9.60. The van der Waals surface area contributed by atoms with E-state index in [2.05, 4.69) is 41.6 Å². The zero-order valence-corrected chi connectivity index (χ0v) is 24.4. The molecule has 2 amide bonds. The Labute approximate surface area is 235 Å². The van der Waals surface area contributed by atoms with Crippen LogP contribution in [0.4, 0.5) is 22.1 Å². The maximum Gasteiger partial charge on any atom is 0.410 e. The molecule has 1 aromatic carbocycles. The monoisotopic (exact) mass is 607 g/mol. The average molecular weight is 609 g/mol. The number of rotatable bonds is 9. The lowest BCUT2D eigenvalue weighted by molar-refractivity contribution is 0.0277. The van der Waals surface area contributed by atoms with Gasteiger partial charge in [-0.2, -0.15) is 10.1 Å². The van der Waals surface area contributed by atoms with Gasteiger partial charge in [-0.15, -0.1) is 0 Å². The van der Waals surface area contributed by atoms with Crippen molar-refractivity contribution in [3.05, 3.63) is 51.8 Å². The van der Waals surface area contributed by atoms with Crippen LogP contribution in [0.2, 0.25) is 5.02 Å². The Bertz CT molecular complexity index is 1270. The number of nitrogens with one attached hydrogen (secondary N) is 2. The number of aromatic nitrogens is 4. The summed E-state index contributed by atoms with van der Waals surface area (Å²) < 4.78 is 13.4. The number of nitrogens with zero attached hydrogens (tertiary/aromatic N) is 5. The summed E-state index contributed by atoms with van der Waals surface area (Å²) in [4.78, 5) is 35.4. The number of anilines is 3. The third kappa shape index (κ3) is 7.81. The molecule has 0 radical (unpaired) electrons. The Morgan fingerprint density at radius 1 is 1.26 bits per heavy atom. The van der Waals surface area contributed by atoms with E-state index < -0.39 is 17.6 Å². The first-order chi connectivity index (χ1) is 17.9. The van der Waals surface area contributed by atoms with E-state index in [0.717, 1.165) is 0 Å². The van der Waals surface area contributed by atoms with Gasteiger partial charge in [0.05, 0.1) is 35.2 Å². The van der Waals surface area contributed by atoms with E-state index in [-0.39, 0.29) is 23.4 Å². The average Bonchev–Trinajstić information content (AvgIpc) is 3.29. The van der Waals surface area contributed by atoms with Crippen LogP contribution in [0.25, 0.3) is 0 Å². The van der Waals surface area contributed by atoms with Crippen LogP contribution < -0.4 is 15.4 Å². The van der Waals surface area contributed by atoms with Crippen molar-refractivity contribution in [1.82, 2.24) is 24.6 Å². The van der Waals surface area contributed by atoms with Crippen molar-refractivity contribution in [1.29, 1.82) is 0 Å². The molecule has 0 aliphatic heterocycles. The van der Waals surface area contributed by atoms with E-state index in [1.807, 2.05) is 27.7 Å². The van der Waals surface area contributed by atoms with Crippen molar-refractivity contribution in [2.24, 2.45) is 0 Å².